The number of hydrogen-bond donors (Lipinski definition) is 1. The van der Waals surface area contributed by atoms with Crippen LogP contribution in [0.2, 0.25) is 0 Å². The minimum Gasteiger partial charge on any atom is -0.356 e. The maximum Gasteiger partial charge on any atom is 0.225 e. The molecule has 17 heavy (non-hydrogen) atoms. The van der Waals surface area contributed by atoms with Crippen LogP contribution in [0.15, 0.2) is 0 Å². The molecule has 1 spiro atoms. The van der Waals surface area contributed by atoms with E-state index in [1.165, 1.54) is 6.42 Å². The summed E-state index contributed by atoms with van der Waals surface area (Å²) in [5.74, 6) is 0.861. The number of nitrogens with one attached hydrogen (secondary N) is 1. The third-order valence-electron chi connectivity index (χ3n) is 4.79. The molecule has 2 heterocycles. The van der Waals surface area contributed by atoms with Crippen molar-refractivity contribution in [3.63, 3.8) is 0 Å². The van der Waals surface area contributed by atoms with Gasteiger partial charge in [-0.15, -0.1) is 0 Å². The second-order valence-electron chi connectivity index (χ2n) is 5.91. The summed E-state index contributed by atoms with van der Waals surface area (Å²) >= 11 is 0. The van der Waals surface area contributed by atoms with E-state index < -0.39 is 0 Å². The molecule has 1 saturated carbocycles. The molecule has 2 saturated heterocycles. The van der Waals surface area contributed by atoms with Crippen LogP contribution in [0.4, 0.5) is 0 Å². The third kappa shape index (κ3) is 1.94. The number of amides is 2. The van der Waals surface area contributed by atoms with E-state index in [0.717, 1.165) is 45.3 Å². The highest BCUT2D eigenvalue weighted by atomic mass is 16.2. The lowest BCUT2D eigenvalue weighted by Crippen LogP contribution is -2.47. The molecule has 2 aliphatic heterocycles. The molecule has 1 aliphatic carbocycles. The van der Waals surface area contributed by atoms with Crippen molar-refractivity contribution in [2.45, 2.75) is 38.5 Å². The minimum atomic E-state index is 0.160. The first-order valence-electron chi connectivity index (χ1n) is 6.74. The topological polar surface area (TPSA) is 49.4 Å². The molecular weight excluding hydrogens is 216 g/mol. The van der Waals surface area contributed by atoms with Gasteiger partial charge >= 0.3 is 0 Å². The van der Waals surface area contributed by atoms with Crippen molar-refractivity contribution < 1.29 is 9.59 Å². The molecule has 0 atom stereocenters. The molecule has 1 N–H and O–H groups in total. The molecule has 0 aromatic carbocycles. The Hall–Kier alpha value is -1.06. The van der Waals surface area contributed by atoms with Gasteiger partial charge in [0.2, 0.25) is 11.8 Å². The Labute approximate surface area is 102 Å². The molecular formula is C13H20N2O2. The Morgan fingerprint density at radius 3 is 2.47 bits per heavy atom. The number of piperidine rings is 1. The Morgan fingerprint density at radius 2 is 2.00 bits per heavy atom. The second kappa shape index (κ2) is 4.00. The zero-order chi connectivity index (χ0) is 11.9. The van der Waals surface area contributed by atoms with E-state index in [4.69, 9.17) is 0 Å². The van der Waals surface area contributed by atoms with Crippen molar-refractivity contribution in [1.29, 1.82) is 0 Å². The van der Waals surface area contributed by atoms with Crippen molar-refractivity contribution in [2.75, 3.05) is 19.6 Å². The zero-order valence-corrected chi connectivity index (χ0v) is 10.2. The van der Waals surface area contributed by atoms with E-state index in [9.17, 15) is 9.59 Å². The van der Waals surface area contributed by atoms with Crippen LogP contribution in [-0.2, 0) is 9.59 Å². The fourth-order valence-corrected chi connectivity index (χ4v) is 3.22. The highest BCUT2D eigenvalue weighted by Gasteiger charge is 2.42. The normalized spacial score (nSPS) is 28.0. The molecule has 4 nitrogen and oxygen atoms in total. The summed E-state index contributed by atoms with van der Waals surface area (Å²) in [7, 11) is 0. The van der Waals surface area contributed by atoms with Crippen LogP contribution in [0, 0.1) is 11.3 Å². The lowest BCUT2D eigenvalue weighted by atomic mass is 9.76. The highest BCUT2D eigenvalue weighted by Crippen LogP contribution is 2.38. The first-order chi connectivity index (χ1) is 8.19. The Kier molecular flexibility index (Phi) is 2.60. The number of carbonyl (C=O) groups excluding carboxylic acids is 2. The van der Waals surface area contributed by atoms with Gasteiger partial charge in [0.05, 0.1) is 0 Å². The van der Waals surface area contributed by atoms with Crippen molar-refractivity contribution in [3.8, 4) is 0 Å². The third-order valence-corrected chi connectivity index (χ3v) is 4.79. The minimum absolute atomic E-state index is 0.160. The second-order valence-corrected chi connectivity index (χ2v) is 5.91. The van der Waals surface area contributed by atoms with Crippen LogP contribution in [0.1, 0.15) is 38.5 Å². The van der Waals surface area contributed by atoms with Crippen molar-refractivity contribution in [3.05, 3.63) is 0 Å². The highest BCUT2D eigenvalue weighted by molar-refractivity contribution is 5.80. The molecule has 0 unspecified atom stereocenters. The Bertz CT molecular complexity index is 341. The first-order valence-corrected chi connectivity index (χ1v) is 6.74. The van der Waals surface area contributed by atoms with Gasteiger partial charge in [0, 0.05) is 32.0 Å². The number of carbonyl (C=O) groups is 2. The Balaban J connectivity index is 1.56. The predicted octanol–water partition coefficient (Wildman–Crippen LogP) is 0.915. The molecule has 0 aromatic rings. The number of rotatable bonds is 1. The summed E-state index contributed by atoms with van der Waals surface area (Å²) in [4.78, 5) is 25.4. The molecule has 4 heteroatoms. The fraction of sp³-hybridized carbons (Fsp3) is 0.846. The van der Waals surface area contributed by atoms with Crippen LogP contribution in [-0.4, -0.2) is 36.3 Å². The standard InChI is InChI=1S/C13H20N2O2/c16-11-8-13(9-14-11)4-6-15(7-5-13)12(17)10-2-1-3-10/h10H,1-9H2,(H,14,16). The molecule has 94 valence electrons. The largest absolute Gasteiger partial charge is 0.356 e. The maximum atomic E-state index is 12.1. The summed E-state index contributed by atoms with van der Waals surface area (Å²) in [6.07, 6.45) is 6.03. The number of likely N-dealkylation sites (tertiary alicyclic amines) is 1. The monoisotopic (exact) mass is 236 g/mol. The van der Waals surface area contributed by atoms with Gasteiger partial charge in [-0.1, -0.05) is 6.42 Å². The smallest absolute Gasteiger partial charge is 0.225 e. The van der Waals surface area contributed by atoms with Gasteiger partial charge in [0.1, 0.15) is 0 Å². The summed E-state index contributed by atoms with van der Waals surface area (Å²) in [6.45, 7) is 2.52. The van der Waals surface area contributed by atoms with Crippen LogP contribution in [0.5, 0.6) is 0 Å². The molecule has 0 radical (unpaired) electrons. The average molecular weight is 236 g/mol. The van der Waals surface area contributed by atoms with Gasteiger partial charge in [-0.2, -0.15) is 0 Å². The van der Waals surface area contributed by atoms with Crippen molar-refractivity contribution in [2.24, 2.45) is 11.3 Å². The molecule has 3 aliphatic rings. The van der Waals surface area contributed by atoms with E-state index in [0.29, 0.717) is 18.2 Å². The van der Waals surface area contributed by atoms with E-state index in [2.05, 4.69) is 5.32 Å². The van der Waals surface area contributed by atoms with E-state index in [1.54, 1.807) is 0 Å². The molecule has 3 rings (SSSR count). The first kappa shape index (κ1) is 11.1. The molecule has 0 bridgehead atoms. The molecule has 3 fully saturated rings. The van der Waals surface area contributed by atoms with Crippen LogP contribution < -0.4 is 5.32 Å². The summed E-state index contributed by atoms with van der Waals surface area (Å²) in [6, 6.07) is 0. The van der Waals surface area contributed by atoms with Gasteiger partial charge < -0.3 is 10.2 Å². The van der Waals surface area contributed by atoms with Gasteiger partial charge in [-0.3, -0.25) is 9.59 Å². The summed E-state index contributed by atoms with van der Waals surface area (Å²) in [5.41, 5.74) is 0.160. The fourth-order valence-electron chi connectivity index (χ4n) is 3.22. The average Bonchev–Trinajstić information content (AvgIpc) is 2.58. The van der Waals surface area contributed by atoms with E-state index in [1.807, 2.05) is 4.90 Å². The van der Waals surface area contributed by atoms with Crippen LogP contribution in [0.3, 0.4) is 0 Å². The van der Waals surface area contributed by atoms with Gasteiger partial charge in [-0.25, -0.2) is 0 Å². The molecule has 2 amide bonds. The van der Waals surface area contributed by atoms with Crippen molar-refractivity contribution >= 4 is 11.8 Å². The lowest BCUT2D eigenvalue weighted by molar-refractivity contribution is -0.140. The molecule has 0 aromatic heterocycles. The Morgan fingerprint density at radius 1 is 1.29 bits per heavy atom. The van der Waals surface area contributed by atoms with E-state index in [-0.39, 0.29) is 11.3 Å². The summed E-state index contributed by atoms with van der Waals surface area (Å²) < 4.78 is 0. The van der Waals surface area contributed by atoms with E-state index >= 15 is 0 Å². The zero-order valence-electron chi connectivity index (χ0n) is 10.2. The van der Waals surface area contributed by atoms with Crippen molar-refractivity contribution in [1.82, 2.24) is 10.2 Å². The van der Waals surface area contributed by atoms with Gasteiger partial charge in [-0.05, 0) is 31.1 Å². The predicted molar refractivity (Wildman–Crippen MR) is 63.2 cm³/mol. The lowest BCUT2D eigenvalue weighted by Gasteiger charge is -2.40. The number of nitrogens with zero attached hydrogens (tertiary/aromatic N) is 1. The number of hydrogen-bond acceptors (Lipinski definition) is 2. The summed E-state index contributed by atoms with van der Waals surface area (Å²) in [5, 5.41) is 2.93. The quantitative estimate of drug-likeness (QED) is 0.736. The SMILES string of the molecule is O=C1CC2(CCN(C(=O)C3CCC3)CC2)CN1. The maximum absolute atomic E-state index is 12.1. The van der Waals surface area contributed by atoms with Crippen LogP contribution >= 0.6 is 0 Å². The van der Waals surface area contributed by atoms with Crippen LogP contribution in [0.25, 0.3) is 0 Å². The van der Waals surface area contributed by atoms with Gasteiger partial charge in [0.25, 0.3) is 0 Å². The van der Waals surface area contributed by atoms with Gasteiger partial charge in [0.15, 0.2) is 0 Å².